The number of alkyl carbamates (subject to hydrolysis) is 1. The van der Waals surface area contributed by atoms with E-state index in [9.17, 15) is 9.59 Å². The van der Waals surface area contributed by atoms with Gasteiger partial charge in [0.2, 0.25) is 0 Å². The Morgan fingerprint density at radius 1 is 1.18 bits per heavy atom. The fraction of sp³-hybridized carbons (Fsp3) is 0.650. The highest BCUT2D eigenvalue weighted by Crippen LogP contribution is 2.26. The fourth-order valence-electron chi connectivity index (χ4n) is 2.36. The van der Waals surface area contributed by atoms with Gasteiger partial charge in [-0.2, -0.15) is 0 Å². The van der Waals surface area contributed by atoms with E-state index in [0.29, 0.717) is 30.9 Å². The van der Waals surface area contributed by atoms with Crippen LogP contribution in [0.3, 0.4) is 0 Å². The highest BCUT2D eigenvalue weighted by atomic mass is 16.6. The highest BCUT2D eigenvalue weighted by Gasteiger charge is 2.28. The number of methoxy groups -OCH3 is 2. The lowest BCUT2D eigenvalue weighted by atomic mass is 9.96. The van der Waals surface area contributed by atoms with Gasteiger partial charge in [-0.15, -0.1) is 0 Å². The molecule has 0 aliphatic rings. The number of amides is 1. The van der Waals surface area contributed by atoms with Crippen molar-refractivity contribution in [1.29, 1.82) is 0 Å². The third kappa shape index (κ3) is 7.72. The number of nitrogens with one attached hydrogen (secondary N) is 1. The lowest BCUT2D eigenvalue weighted by Gasteiger charge is -2.25. The predicted molar refractivity (Wildman–Crippen MR) is 105 cm³/mol. The maximum Gasteiger partial charge on any atom is 0.408 e. The fourth-order valence-corrected chi connectivity index (χ4v) is 2.36. The Bertz CT molecular complexity index is 655. The van der Waals surface area contributed by atoms with Crippen LogP contribution in [0.5, 0.6) is 11.6 Å². The maximum atomic E-state index is 13.0. The number of carbonyl (C=O) groups is 2. The summed E-state index contributed by atoms with van der Waals surface area (Å²) in [6.45, 7) is 9.94. The third-order valence-electron chi connectivity index (χ3n) is 3.67. The monoisotopic (exact) mass is 396 g/mol. The van der Waals surface area contributed by atoms with Crippen LogP contribution in [-0.2, 0) is 9.47 Å². The minimum Gasteiger partial charge on any atom is -0.488 e. The molecule has 0 aromatic carbocycles. The second kappa shape index (κ2) is 10.8. The molecule has 1 rings (SSSR count). The molecular weight excluding hydrogens is 364 g/mol. The molecule has 0 bridgehead atoms. The Balaban J connectivity index is 2.97. The maximum absolute atomic E-state index is 13.0. The van der Waals surface area contributed by atoms with Crippen molar-refractivity contribution in [1.82, 2.24) is 10.3 Å². The number of rotatable bonds is 10. The van der Waals surface area contributed by atoms with Gasteiger partial charge in [-0.3, -0.25) is 4.79 Å². The normalized spacial score (nSPS) is 12.4. The van der Waals surface area contributed by atoms with Crippen molar-refractivity contribution in [2.45, 2.75) is 52.7 Å². The molecule has 1 atom stereocenters. The molecule has 1 heterocycles. The van der Waals surface area contributed by atoms with E-state index >= 15 is 0 Å². The number of nitrogens with zero attached hydrogens (tertiary/aromatic N) is 1. The summed E-state index contributed by atoms with van der Waals surface area (Å²) >= 11 is 0. The third-order valence-corrected chi connectivity index (χ3v) is 3.67. The van der Waals surface area contributed by atoms with Crippen LogP contribution in [0.15, 0.2) is 12.3 Å². The summed E-state index contributed by atoms with van der Waals surface area (Å²) in [5.74, 6) is 0.227. The lowest BCUT2D eigenvalue weighted by molar-refractivity contribution is 0.0475. The van der Waals surface area contributed by atoms with Crippen molar-refractivity contribution in [2.75, 3.05) is 27.4 Å². The van der Waals surface area contributed by atoms with Gasteiger partial charge in [0.1, 0.15) is 5.60 Å². The number of Topliss-reactive ketones (excluding diaryl/α,β-unsaturated/α-hetero) is 1. The number of carbonyl (C=O) groups excluding carboxylic acids is 2. The number of ketones is 1. The van der Waals surface area contributed by atoms with Crippen molar-refractivity contribution >= 4 is 11.9 Å². The van der Waals surface area contributed by atoms with Crippen molar-refractivity contribution in [2.24, 2.45) is 5.92 Å². The minimum absolute atomic E-state index is 0.145. The van der Waals surface area contributed by atoms with Gasteiger partial charge in [0.25, 0.3) is 5.88 Å². The molecule has 158 valence electrons. The second-order valence-corrected chi connectivity index (χ2v) is 7.66. The van der Waals surface area contributed by atoms with E-state index in [1.807, 2.05) is 13.8 Å². The number of aromatic nitrogens is 1. The average molecular weight is 396 g/mol. The zero-order valence-corrected chi connectivity index (χ0v) is 17.8. The molecule has 0 saturated carbocycles. The Kier molecular flexibility index (Phi) is 9.18. The zero-order valence-electron chi connectivity index (χ0n) is 17.8. The van der Waals surface area contributed by atoms with Crippen LogP contribution in [0, 0.1) is 5.92 Å². The summed E-state index contributed by atoms with van der Waals surface area (Å²) in [6.07, 6.45) is 1.46. The molecule has 8 heteroatoms. The molecule has 0 aliphatic carbocycles. The zero-order chi connectivity index (χ0) is 21.3. The van der Waals surface area contributed by atoms with E-state index in [-0.39, 0.29) is 17.6 Å². The number of hydrogen-bond acceptors (Lipinski definition) is 7. The van der Waals surface area contributed by atoms with Gasteiger partial charge in [0, 0.05) is 31.9 Å². The topological polar surface area (TPSA) is 96.0 Å². The van der Waals surface area contributed by atoms with E-state index in [0.717, 1.165) is 0 Å². The lowest BCUT2D eigenvalue weighted by Crippen LogP contribution is -2.46. The number of hydrogen-bond donors (Lipinski definition) is 1. The molecule has 1 N–H and O–H groups in total. The number of ether oxygens (including phenoxy) is 4. The van der Waals surface area contributed by atoms with Crippen LogP contribution in [0.25, 0.3) is 0 Å². The highest BCUT2D eigenvalue weighted by molar-refractivity contribution is 6.01. The van der Waals surface area contributed by atoms with Gasteiger partial charge in [-0.1, -0.05) is 13.8 Å². The van der Waals surface area contributed by atoms with Crippen LogP contribution >= 0.6 is 0 Å². The summed E-state index contributed by atoms with van der Waals surface area (Å²) in [6, 6.07) is 0.819. The van der Waals surface area contributed by atoms with E-state index in [4.69, 9.17) is 18.9 Å². The molecule has 1 unspecified atom stereocenters. The Morgan fingerprint density at radius 2 is 1.86 bits per heavy atom. The van der Waals surface area contributed by atoms with E-state index < -0.39 is 17.7 Å². The first-order valence-electron chi connectivity index (χ1n) is 9.28. The first-order valence-corrected chi connectivity index (χ1v) is 9.28. The molecule has 0 aliphatic heterocycles. The molecule has 0 saturated heterocycles. The minimum atomic E-state index is -0.758. The van der Waals surface area contributed by atoms with Gasteiger partial charge < -0.3 is 24.3 Å². The quantitative estimate of drug-likeness (QED) is 0.479. The molecular formula is C20H32N2O6. The molecule has 0 fully saturated rings. The summed E-state index contributed by atoms with van der Waals surface area (Å²) in [5.41, 5.74) is -0.336. The Hall–Kier alpha value is -2.35. The van der Waals surface area contributed by atoms with Crippen LogP contribution in [0.1, 0.15) is 51.4 Å². The summed E-state index contributed by atoms with van der Waals surface area (Å²) in [5, 5.41) is 2.65. The van der Waals surface area contributed by atoms with Gasteiger partial charge in [0.05, 0.1) is 19.8 Å². The molecule has 1 aromatic heterocycles. The first-order chi connectivity index (χ1) is 13.1. The Morgan fingerprint density at radius 3 is 2.39 bits per heavy atom. The summed E-state index contributed by atoms with van der Waals surface area (Å²) in [7, 11) is 3.10. The second-order valence-electron chi connectivity index (χ2n) is 7.66. The molecule has 0 radical (unpaired) electrons. The van der Waals surface area contributed by atoms with Crippen LogP contribution in [-0.4, -0.2) is 55.9 Å². The van der Waals surface area contributed by atoms with Gasteiger partial charge in [-0.25, -0.2) is 9.78 Å². The Labute approximate surface area is 166 Å². The van der Waals surface area contributed by atoms with E-state index in [1.54, 1.807) is 33.9 Å². The van der Waals surface area contributed by atoms with Crippen molar-refractivity contribution in [3.63, 3.8) is 0 Å². The molecule has 1 aromatic rings. The summed E-state index contributed by atoms with van der Waals surface area (Å²) < 4.78 is 21.1. The van der Waals surface area contributed by atoms with Crippen LogP contribution in [0.2, 0.25) is 0 Å². The molecule has 8 nitrogen and oxygen atoms in total. The smallest absolute Gasteiger partial charge is 0.408 e. The van der Waals surface area contributed by atoms with Crippen LogP contribution < -0.4 is 14.8 Å². The van der Waals surface area contributed by atoms with Crippen molar-refractivity contribution in [3.8, 4) is 11.6 Å². The van der Waals surface area contributed by atoms with Gasteiger partial charge in [0.15, 0.2) is 11.5 Å². The van der Waals surface area contributed by atoms with Crippen LogP contribution in [0.4, 0.5) is 4.79 Å². The standard InChI is InChI=1S/C20H32N2O6/c1-13(2)16(22-19(24)28-20(3,4)5)17(23)14-11-15(18(26-7)21-12-14)27-10-8-9-25-6/h11-13,16H,8-10H2,1-7H3,(H,22,24). The average Bonchev–Trinajstić information content (AvgIpc) is 2.61. The molecule has 0 spiro atoms. The van der Waals surface area contributed by atoms with Gasteiger partial charge in [-0.05, 0) is 32.8 Å². The van der Waals surface area contributed by atoms with E-state index in [1.165, 1.54) is 13.3 Å². The van der Waals surface area contributed by atoms with Crippen molar-refractivity contribution in [3.05, 3.63) is 17.8 Å². The molecule has 1 amide bonds. The molecule has 28 heavy (non-hydrogen) atoms. The van der Waals surface area contributed by atoms with Gasteiger partial charge >= 0.3 is 6.09 Å². The first kappa shape index (κ1) is 23.7. The summed E-state index contributed by atoms with van der Waals surface area (Å²) in [4.78, 5) is 29.3. The van der Waals surface area contributed by atoms with Crippen molar-refractivity contribution < 1.29 is 28.5 Å². The SMILES string of the molecule is COCCCOc1cc(C(=O)C(NC(=O)OC(C)(C)C)C(C)C)cnc1OC. The largest absolute Gasteiger partial charge is 0.488 e. The van der Waals surface area contributed by atoms with E-state index in [2.05, 4.69) is 10.3 Å². The number of pyridine rings is 1. The predicted octanol–water partition coefficient (Wildman–Crippen LogP) is 3.24.